The van der Waals surface area contributed by atoms with Crippen LogP contribution < -0.4 is 0 Å². The summed E-state index contributed by atoms with van der Waals surface area (Å²) >= 11 is 0. The molecule has 2 rings (SSSR count). The molecule has 3 atom stereocenters. The van der Waals surface area contributed by atoms with Gasteiger partial charge >= 0.3 is 11.9 Å². The van der Waals surface area contributed by atoms with Gasteiger partial charge in [-0.15, -0.1) is 0 Å². The summed E-state index contributed by atoms with van der Waals surface area (Å²) in [6, 6.07) is 0. The fourth-order valence-electron chi connectivity index (χ4n) is 2.66. The van der Waals surface area contributed by atoms with Gasteiger partial charge in [-0.1, -0.05) is 0 Å². The van der Waals surface area contributed by atoms with Gasteiger partial charge in [0.1, 0.15) is 17.3 Å². The van der Waals surface area contributed by atoms with Gasteiger partial charge in [0.15, 0.2) is 0 Å². The first-order valence-corrected chi connectivity index (χ1v) is 7.74. The zero-order valence-electron chi connectivity index (χ0n) is 14.2. The zero-order valence-corrected chi connectivity index (χ0v) is 14.2. The Morgan fingerprint density at radius 1 is 1.05 bits per heavy atom. The van der Waals surface area contributed by atoms with Crippen molar-refractivity contribution in [2.45, 2.75) is 83.7 Å². The van der Waals surface area contributed by atoms with Crippen molar-refractivity contribution >= 4 is 11.9 Å². The van der Waals surface area contributed by atoms with Crippen LogP contribution in [0.25, 0.3) is 0 Å². The smallest absolute Gasteiger partial charge is 0.345 e. The molecule has 3 unspecified atom stereocenters. The van der Waals surface area contributed by atoms with Crippen LogP contribution >= 0.6 is 0 Å². The van der Waals surface area contributed by atoms with Crippen molar-refractivity contribution in [3.05, 3.63) is 0 Å². The standard InChI is InChI=1S/C16H26O6/c1-14(2,3)19-12(17)10-7-8-16(11(9-10)21-22-16)13(18)20-15(4,5)6/h10-11H,7-9H2,1-6H3. The van der Waals surface area contributed by atoms with Gasteiger partial charge in [-0.2, -0.15) is 0 Å². The SMILES string of the molecule is CC(C)(C)OC(=O)C1CCC2(C(=O)OC(C)(C)C)OOC2C1. The molecule has 0 spiro atoms. The Bertz CT molecular complexity index is 458. The van der Waals surface area contributed by atoms with Crippen molar-refractivity contribution in [2.24, 2.45) is 5.92 Å². The van der Waals surface area contributed by atoms with E-state index in [1.54, 1.807) is 0 Å². The van der Waals surface area contributed by atoms with Gasteiger partial charge in [-0.25, -0.2) is 14.6 Å². The molecule has 1 aliphatic carbocycles. The Hall–Kier alpha value is -1.14. The number of ether oxygens (including phenoxy) is 2. The van der Waals surface area contributed by atoms with E-state index in [-0.39, 0.29) is 11.9 Å². The third-order valence-corrected chi connectivity index (χ3v) is 3.68. The van der Waals surface area contributed by atoms with Crippen molar-refractivity contribution in [1.82, 2.24) is 0 Å². The Morgan fingerprint density at radius 2 is 1.64 bits per heavy atom. The first kappa shape index (κ1) is 17.2. The molecular weight excluding hydrogens is 288 g/mol. The van der Waals surface area contributed by atoms with E-state index in [1.165, 1.54) is 0 Å². The minimum atomic E-state index is -1.06. The molecule has 0 amide bonds. The highest BCUT2D eigenvalue weighted by molar-refractivity contribution is 5.82. The number of carbonyl (C=O) groups is 2. The van der Waals surface area contributed by atoms with Crippen molar-refractivity contribution in [3.8, 4) is 0 Å². The van der Waals surface area contributed by atoms with Crippen molar-refractivity contribution in [2.75, 3.05) is 0 Å². The third-order valence-electron chi connectivity index (χ3n) is 3.68. The molecule has 1 saturated heterocycles. The minimum Gasteiger partial charge on any atom is -0.460 e. The number of carbonyl (C=O) groups excluding carboxylic acids is 2. The lowest BCUT2D eigenvalue weighted by Crippen LogP contribution is -2.65. The summed E-state index contributed by atoms with van der Waals surface area (Å²) in [6.07, 6.45) is 0.882. The quantitative estimate of drug-likeness (QED) is 0.576. The largest absolute Gasteiger partial charge is 0.460 e. The molecule has 1 saturated carbocycles. The van der Waals surface area contributed by atoms with E-state index < -0.39 is 28.9 Å². The monoisotopic (exact) mass is 314 g/mol. The summed E-state index contributed by atoms with van der Waals surface area (Å²) in [5, 5.41) is 0. The zero-order chi connectivity index (χ0) is 16.8. The van der Waals surface area contributed by atoms with Gasteiger partial charge < -0.3 is 9.47 Å². The molecule has 1 heterocycles. The maximum absolute atomic E-state index is 12.4. The number of rotatable bonds is 2. The van der Waals surface area contributed by atoms with Crippen molar-refractivity contribution in [1.29, 1.82) is 0 Å². The molecule has 0 aromatic rings. The van der Waals surface area contributed by atoms with Gasteiger partial charge in [-0.05, 0) is 60.8 Å². The molecule has 126 valence electrons. The maximum Gasteiger partial charge on any atom is 0.345 e. The van der Waals surface area contributed by atoms with Crippen LogP contribution in [0, 0.1) is 5.92 Å². The number of esters is 2. The van der Waals surface area contributed by atoms with Gasteiger partial charge in [0.25, 0.3) is 0 Å². The second-order valence-corrected chi connectivity index (χ2v) is 8.06. The summed E-state index contributed by atoms with van der Waals surface area (Å²) in [7, 11) is 0. The van der Waals surface area contributed by atoms with Gasteiger partial charge in [0, 0.05) is 0 Å². The van der Waals surface area contributed by atoms with E-state index >= 15 is 0 Å². The van der Waals surface area contributed by atoms with Crippen LogP contribution in [-0.4, -0.2) is 34.8 Å². The lowest BCUT2D eigenvalue weighted by molar-refractivity contribution is -0.506. The minimum absolute atomic E-state index is 0.249. The second-order valence-electron chi connectivity index (χ2n) is 8.06. The fourth-order valence-corrected chi connectivity index (χ4v) is 2.66. The first-order chi connectivity index (χ1) is 9.93. The van der Waals surface area contributed by atoms with Crippen LogP contribution in [0.3, 0.4) is 0 Å². The number of fused-ring (bicyclic) bond motifs is 1. The van der Waals surface area contributed by atoms with E-state index in [9.17, 15) is 9.59 Å². The molecule has 6 nitrogen and oxygen atoms in total. The van der Waals surface area contributed by atoms with Crippen molar-refractivity contribution < 1.29 is 28.8 Å². The Balaban J connectivity index is 1.99. The summed E-state index contributed by atoms with van der Waals surface area (Å²) < 4.78 is 10.8. The summed E-state index contributed by atoms with van der Waals surface area (Å²) in [5.41, 5.74) is -2.17. The molecule has 2 fully saturated rings. The molecular formula is C16H26O6. The predicted molar refractivity (Wildman–Crippen MR) is 77.7 cm³/mol. The van der Waals surface area contributed by atoms with E-state index in [1.807, 2.05) is 41.5 Å². The molecule has 22 heavy (non-hydrogen) atoms. The van der Waals surface area contributed by atoms with Gasteiger partial charge in [0.2, 0.25) is 5.60 Å². The Kier molecular flexibility index (Phi) is 4.30. The molecule has 0 aromatic heterocycles. The predicted octanol–water partition coefficient (Wildman–Crippen LogP) is 2.54. The molecule has 0 aromatic carbocycles. The lowest BCUT2D eigenvalue weighted by atomic mass is 9.75. The summed E-state index contributed by atoms with van der Waals surface area (Å²) in [6.45, 7) is 10.9. The van der Waals surface area contributed by atoms with E-state index in [0.29, 0.717) is 19.3 Å². The molecule has 1 aliphatic heterocycles. The highest BCUT2D eigenvalue weighted by Gasteiger charge is 2.62. The summed E-state index contributed by atoms with van der Waals surface area (Å²) in [4.78, 5) is 34.7. The van der Waals surface area contributed by atoms with Gasteiger partial charge in [0.05, 0.1) is 5.92 Å². The van der Waals surface area contributed by atoms with Crippen LogP contribution in [0.2, 0.25) is 0 Å². The topological polar surface area (TPSA) is 71.1 Å². The lowest BCUT2D eigenvalue weighted by Gasteiger charge is -2.49. The third kappa shape index (κ3) is 3.60. The van der Waals surface area contributed by atoms with Crippen LogP contribution in [0.1, 0.15) is 60.8 Å². The molecule has 2 aliphatic rings. The molecule has 6 heteroatoms. The Morgan fingerprint density at radius 3 is 2.05 bits per heavy atom. The van der Waals surface area contributed by atoms with Crippen LogP contribution in [0.15, 0.2) is 0 Å². The second kappa shape index (κ2) is 5.49. The first-order valence-electron chi connectivity index (χ1n) is 7.74. The number of hydrogen-bond donors (Lipinski definition) is 0. The van der Waals surface area contributed by atoms with Crippen molar-refractivity contribution in [3.63, 3.8) is 0 Å². The average molecular weight is 314 g/mol. The molecule has 0 N–H and O–H groups in total. The van der Waals surface area contributed by atoms with E-state index in [4.69, 9.17) is 19.2 Å². The highest BCUT2D eigenvalue weighted by atomic mass is 17.3. The average Bonchev–Trinajstić information content (AvgIpc) is 2.26. The maximum atomic E-state index is 12.4. The van der Waals surface area contributed by atoms with Crippen LogP contribution in [0.5, 0.6) is 0 Å². The molecule has 0 radical (unpaired) electrons. The van der Waals surface area contributed by atoms with E-state index in [0.717, 1.165) is 0 Å². The van der Waals surface area contributed by atoms with Crippen LogP contribution in [0.4, 0.5) is 0 Å². The van der Waals surface area contributed by atoms with Crippen LogP contribution in [-0.2, 0) is 28.8 Å². The normalized spacial score (nSPS) is 31.7. The fraction of sp³-hybridized carbons (Fsp3) is 0.875. The highest BCUT2D eigenvalue weighted by Crippen LogP contribution is 2.46. The number of hydrogen-bond acceptors (Lipinski definition) is 6. The van der Waals surface area contributed by atoms with Gasteiger partial charge in [-0.3, -0.25) is 4.79 Å². The molecule has 0 bridgehead atoms. The Labute approximate surface area is 131 Å². The van der Waals surface area contributed by atoms with E-state index in [2.05, 4.69) is 0 Å². The summed E-state index contributed by atoms with van der Waals surface area (Å²) in [5.74, 6) is -0.941.